The molecule has 0 radical (unpaired) electrons. The minimum Gasteiger partial charge on any atom is -0.391 e. The highest BCUT2D eigenvalue weighted by Crippen LogP contribution is 2.33. The van der Waals surface area contributed by atoms with E-state index in [-0.39, 0.29) is 24.3 Å². The van der Waals surface area contributed by atoms with Crippen LogP contribution in [0.15, 0.2) is 30.3 Å². The van der Waals surface area contributed by atoms with Crippen molar-refractivity contribution in [3.05, 3.63) is 53.1 Å². The molecule has 6 heteroatoms. The molecule has 2 N–H and O–H groups in total. The van der Waals surface area contributed by atoms with Crippen molar-refractivity contribution in [3.8, 4) is 0 Å². The standard InChI is InChI=1S/C16H18FN3O2/c1-2-12-7-14(19-18-12)16(22)20-9-13(21)8-15(20)10-4-3-5-11(17)6-10/h3-7,13,15,21H,2,8-9H2,1H3,(H,18,19). The van der Waals surface area contributed by atoms with Gasteiger partial charge in [-0.15, -0.1) is 0 Å². The van der Waals surface area contributed by atoms with Crippen LogP contribution in [0, 0.1) is 5.82 Å². The molecule has 1 fully saturated rings. The van der Waals surface area contributed by atoms with Crippen molar-refractivity contribution in [2.24, 2.45) is 0 Å². The fourth-order valence-electron chi connectivity index (χ4n) is 2.87. The molecule has 5 nitrogen and oxygen atoms in total. The normalized spacial score (nSPS) is 21.3. The van der Waals surface area contributed by atoms with Gasteiger partial charge in [-0.1, -0.05) is 19.1 Å². The Labute approximate surface area is 127 Å². The number of aromatic nitrogens is 2. The van der Waals surface area contributed by atoms with Crippen LogP contribution in [-0.4, -0.2) is 38.8 Å². The van der Waals surface area contributed by atoms with Crippen molar-refractivity contribution >= 4 is 5.91 Å². The first-order chi connectivity index (χ1) is 10.6. The number of carbonyl (C=O) groups is 1. The third kappa shape index (κ3) is 2.74. The number of aromatic amines is 1. The predicted molar refractivity (Wildman–Crippen MR) is 78.8 cm³/mol. The lowest BCUT2D eigenvalue weighted by molar-refractivity contribution is 0.0709. The number of aryl methyl sites for hydroxylation is 1. The Morgan fingerprint density at radius 2 is 2.32 bits per heavy atom. The number of rotatable bonds is 3. The molecule has 0 aliphatic carbocycles. The molecule has 1 amide bonds. The summed E-state index contributed by atoms with van der Waals surface area (Å²) < 4.78 is 13.4. The van der Waals surface area contributed by atoms with Gasteiger partial charge in [0.2, 0.25) is 0 Å². The number of carbonyl (C=O) groups excluding carboxylic acids is 1. The fourth-order valence-corrected chi connectivity index (χ4v) is 2.87. The number of H-pyrrole nitrogens is 1. The molecule has 22 heavy (non-hydrogen) atoms. The average molecular weight is 303 g/mol. The van der Waals surface area contributed by atoms with Gasteiger partial charge in [0.25, 0.3) is 5.91 Å². The van der Waals surface area contributed by atoms with E-state index in [1.807, 2.05) is 6.92 Å². The molecule has 2 atom stereocenters. The average Bonchev–Trinajstić information content (AvgIpc) is 3.13. The number of hydrogen-bond donors (Lipinski definition) is 2. The minimum absolute atomic E-state index is 0.230. The number of β-amino-alcohol motifs (C(OH)–C–C–N with tert-alkyl or cyclic N) is 1. The highest BCUT2D eigenvalue weighted by atomic mass is 19.1. The number of likely N-dealkylation sites (tertiary alicyclic amines) is 1. The fraction of sp³-hybridized carbons (Fsp3) is 0.375. The number of nitrogens with zero attached hydrogens (tertiary/aromatic N) is 2. The van der Waals surface area contributed by atoms with Gasteiger partial charge in [0, 0.05) is 12.2 Å². The van der Waals surface area contributed by atoms with Crippen LogP contribution in [0.4, 0.5) is 4.39 Å². The maximum Gasteiger partial charge on any atom is 0.274 e. The Kier molecular flexibility index (Phi) is 3.94. The largest absolute Gasteiger partial charge is 0.391 e. The van der Waals surface area contributed by atoms with Crippen LogP contribution >= 0.6 is 0 Å². The molecular weight excluding hydrogens is 285 g/mol. The lowest BCUT2D eigenvalue weighted by Crippen LogP contribution is -2.32. The van der Waals surface area contributed by atoms with Crippen LogP contribution in [0.2, 0.25) is 0 Å². The second-order valence-corrected chi connectivity index (χ2v) is 5.55. The van der Waals surface area contributed by atoms with E-state index in [1.165, 1.54) is 12.1 Å². The van der Waals surface area contributed by atoms with E-state index >= 15 is 0 Å². The molecule has 0 saturated carbocycles. The third-order valence-electron chi connectivity index (χ3n) is 4.00. The van der Waals surface area contributed by atoms with E-state index in [0.29, 0.717) is 17.7 Å². The molecule has 2 unspecified atom stereocenters. The number of halogens is 1. The quantitative estimate of drug-likeness (QED) is 0.912. The number of amides is 1. The first-order valence-electron chi connectivity index (χ1n) is 7.37. The second kappa shape index (κ2) is 5.88. The zero-order valence-electron chi connectivity index (χ0n) is 12.3. The summed E-state index contributed by atoms with van der Waals surface area (Å²) in [5, 5.41) is 16.8. The summed E-state index contributed by atoms with van der Waals surface area (Å²) in [4.78, 5) is 14.2. The number of nitrogens with one attached hydrogen (secondary N) is 1. The summed E-state index contributed by atoms with van der Waals surface area (Å²) in [7, 11) is 0. The Morgan fingerprint density at radius 1 is 1.50 bits per heavy atom. The monoisotopic (exact) mass is 303 g/mol. The Bertz CT molecular complexity index is 686. The van der Waals surface area contributed by atoms with Gasteiger partial charge in [0.1, 0.15) is 11.5 Å². The minimum atomic E-state index is -0.609. The van der Waals surface area contributed by atoms with Gasteiger partial charge in [-0.2, -0.15) is 5.10 Å². The molecule has 1 saturated heterocycles. The summed E-state index contributed by atoms with van der Waals surface area (Å²) in [6.45, 7) is 2.20. The van der Waals surface area contributed by atoms with Gasteiger partial charge in [-0.05, 0) is 36.6 Å². The first kappa shape index (κ1) is 14.7. The molecule has 1 aliphatic rings. The molecule has 2 heterocycles. The van der Waals surface area contributed by atoms with Crippen LogP contribution < -0.4 is 0 Å². The number of aliphatic hydroxyl groups is 1. The second-order valence-electron chi connectivity index (χ2n) is 5.55. The highest BCUT2D eigenvalue weighted by molar-refractivity contribution is 5.93. The molecule has 1 aromatic heterocycles. The molecule has 116 valence electrons. The van der Waals surface area contributed by atoms with Crippen LogP contribution in [0.1, 0.15) is 41.1 Å². The van der Waals surface area contributed by atoms with Crippen LogP contribution in [0.5, 0.6) is 0 Å². The number of aliphatic hydroxyl groups excluding tert-OH is 1. The van der Waals surface area contributed by atoms with Crippen molar-refractivity contribution in [3.63, 3.8) is 0 Å². The van der Waals surface area contributed by atoms with Gasteiger partial charge < -0.3 is 10.0 Å². The number of benzene rings is 1. The summed E-state index contributed by atoms with van der Waals surface area (Å²) >= 11 is 0. The maximum atomic E-state index is 13.4. The zero-order chi connectivity index (χ0) is 15.7. The van der Waals surface area contributed by atoms with Gasteiger partial charge in [0.15, 0.2) is 0 Å². The van der Waals surface area contributed by atoms with E-state index in [2.05, 4.69) is 10.2 Å². The molecular formula is C16H18FN3O2. The molecule has 0 bridgehead atoms. The van der Waals surface area contributed by atoms with Crippen molar-refractivity contribution in [2.45, 2.75) is 31.9 Å². The smallest absolute Gasteiger partial charge is 0.274 e. The highest BCUT2D eigenvalue weighted by Gasteiger charge is 2.36. The molecule has 1 aliphatic heterocycles. The molecule has 3 rings (SSSR count). The van der Waals surface area contributed by atoms with Crippen LogP contribution in [-0.2, 0) is 6.42 Å². The van der Waals surface area contributed by atoms with E-state index in [1.54, 1.807) is 23.1 Å². The summed E-state index contributed by atoms with van der Waals surface area (Å²) in [5.41, 5.74) is 1.90. The van der Waals surface area contributed by atoms with Gasteiger partial charge in [-0.3, -0.25) is 9.89 Å². The van der Waals surface area contributed by atoms with Crippen molar-refractivity contribution in [1.82, 2.24) is 15.1 Å². The SMILES string of the molecule is CCc1cc(C(=O)N2CC(O)CC2c2cccc(F)c2)n[nH]1. The molecule has 1 aromatic carbocycles. The van der Waals surface area contributed by atoms with Crippen molar-refractivity contribution in [1.29, 1.82) is 0 Å². The van der Waals surface area contributed by atoms with Crippen molar-refractivity contribution in [2.75, 3.05) is 6.54 Å². The summed E-state index contributed by atoms with van der Waals surface area (Å²) in [5.74, 6) is -0.596. The van der Waals surface area contributed by atoms with E-state index in [0.717, 1.165) is 12.1 Å². The Morgan fingerprint density at radius 3 is 3.00 bits per heavy atom. The molecule has 2 aromatic rings. The maximum absolute atomic E-state index is 13.4. The van der Waals surface area contributed by atoms with Gasteiger partial charge in [-0.25, -0.2) is 4.39 Å². The lowest BCUT2D eigenvalue weighted by Gasteiger charge is -2.24. The van der Waals surface area contributed by atoms with Crippen LogP contribution in [0.3, 0.4) is 0 Å². The topological polar surface area (TPSA) is 69.2 Å². The zero-order valence-corrected chi connectivity index (χ0v) is 12.3. The molecule has 0 spiro atoms. The lowest BCUT2D eigenvalue weighted by atomic mass is 10.0. The van der Waals surface area contributed by atoms with E-state index in [9.17, 15) is 14.3 Å². The Hall–Kier alpha value is -2.21. The van der Waals surface area contributed by atoms with Crippen molar-refractivity contribution < 1.29 is 14.3 Å². The van der Waals surface area contributed by atoms with E-state index < -0.39 is 6.10 Å². The third-order valence-corrected chi connectivity index (χ3v) is 4.00. The summed E-state index contributed by atoms with van der Waals surface area (Å²) in [6, 6.07) is 7.54. The summed E-state index contributed by atoms with van der Waals surface area (Å²) in [6.07, 6.45) is 0.554. The van der Waals surface area contributed by atoms with E-state index in [4.69, 9.17) is 0 Å². The first-order valence-corrected chi connectivity index (χ1v) is 7.37. The van der Waals surface area contributed by atoms with Gasteiger partial charge in [0.05, 0.1) is 12.1 Å². The predicted octanol–water partition coefficient (Wildman–Crippen LogP) is 2.06. The number of hydrogen-bond acceptors (Lipinski definition) is 3. The Balaban J connectivity index is 1.88. The van der Waals surface area contributed by atoms with Crippen LogP contribution in [0.25, 0.3) is 0 Å². The van der Waals surface area contributed by atoms with Gasteiger partial charge >= 0.3 is 0 Å².